The Bertz CT molecular complexity index is 654. The molecule has 0 aliphatic carbocycles. The SMILES string of the molecule is Cc1cc(C(=O)N2CCCNCC2)cc(S(N)(=O)=O)c1C.Cl. The average molecular weight is 348 g/mol. The number of carbonyl (C=O) groups is 1. The van der Waals surface area contributed by atoms with Crippen LogP contribution < -0.4 is 10.5 Å². The number of nitrogens with zero attached hydrogens (tertiary/aromatic N) is 1. The summed E-state index contributed by atoms with van der Waals surface area (Å²) in [7, 11) is -3.83. The van der Waals surface area contributed by atoms with Crippen molar-refractivity contribution >= 4 is 28.3 Å². The quantitative estimate of drug-likeness (QED) is 0.828. The van der Waals surface area contributed by atoms with Gasteiger partial charge in [-0.25, -0.2) is 13.6 Å². The molecule has 0 radical (unpaired) electrons. The molecule has 1 fully saturated rings. The van der Waals surface area contributed by atoms with Gasteiger partial charge in [-0.2, -0.15) is 0 Å². The van der Waals surface area contributed by atoms with Gasteiger partial charge in [0.25, 0.3) is 5.91 Å². The molecule has 1 amide bonds. The molecule has 0 saturated carbocycles. The van der Waals surface area contributed by atoms with E-state index >= 15 is 0 Å². The largest absolute Gasteiger partial charge is 0.337 e. The van der Waals surface area contributed by atoms with E-state index < -0.39 is 10.0 Å². The molecule has 0 atom stereocenters. The zero-order chi connectivity index (χ0) is 15.6. The first-order chi connectivity index (χ1) is 9.80. The fraction of sp³-hybridized carbons (Fsp3) is 0.500. The lowest BCUT2D eigenvalue weighted by Gasteiger charge is -2.21. The Balaban J connectivity index is 0.00000242. The number of aryl methyl sites for hydroxylation is 1. The molecule has 0 bridgehead atoms. The van der Waals surface area contributed by atoms with Gasteiger partial charge in [-0.05, 0) is 50.1 Å². The van der Waals surface area contributed by atoms with Crippen LogP contribution >= 0.6 is 12.4 Å². The number of rotatable bonds is 2. The summed E-state index contributed by atoms with van der Waals surface area (Å²) in [5.74, 6) is -0.147. The molecule has 1 aliphatic heterocycles. The number of sulfonamides is 1. The summed E-state index contributed by atoms with van der Waals surface area (Å²) >= 11 is 0. The molecule has 1 saturated heterocycles. The predicted octanol–water partition coefficient (Wildman–Crippen LogP) is 0.808. The summed E-state index contributed by atoms with van der Waals surface area (Å²) in [4.78, 5) is 14.3. The Labute approximate surface area is 137 Å². The van der Waals surface area contributed by atoms with Crippen LogP contribution in [0.5, 0.6) is 0 Å². The molecule has 8 heteroatoms. The first-order valence-corrected chi connectivity index (χ1v) is 8.49. The number of primary sulfonamides is 1. The highest BCUT2D eigenvalue weighted by atomic mass is 35.5. The van der Waals surface area contributed by atoms with Crippen LogP contribution in [0.15, 0.2) is 17.0 Å². The van der Waals surface area contributed by atoms with Gasteiger partial charge in [-0.15, -0.1) is 12.4 Å². The maximum Gasteiger partial charge on any atom is 0.253 e. The van der Waals surface area contributed by atoms with Crippen LogP contribution in [0, 0.1) is 13.8 Å². The van der Waals surface area contributed by atoms with Gasteiger partial charge in [0.15, 0.2) is 0 Å². The van der Waals surface area contributed by atoms with E-state index in [1.165, 1.54) is 6.07 Å². The Hall–Kier alpha value is -1.15. The zero-order valence-corrected chi connectivity index (χ0v) is 14.4. The van der Waals surface area contributed by atoms with Gasteiger partial charge in [-0.1, -0.05) is 0 Å². The van der Waals surface area contributed by atoms with Gasteiger partial charge < -0.3 is 10.2 Å². The van der Waals surface area contributed by atoms with E-state index in [0.717, 1.165) is 25.1 Å². The number of halogens is 1. The monoisotopic (exact) mass is 347 g/mol. The van der Waals surface area contributed by atoms with Crippen molar-refractivity contribution in [1.82, 2.24) is 10.2 Å². The maximum absolute atomic E-state index is 12.6. The molecular formula is C14H22ClN3O3S. The average Bonchev–Trinajstić information content (AvgIpc) is 2.68. The second kappa shape index (κ2) is 7.41. The van der Waals surface area contributed by atoms with Crippen molar-refractivity contribution in [2.75, 3.05) is 26.2 Å². The highest BCUT2D eigenvalue weighted by Gasteiger charge is 2.21. The topological polar surface area (TPSA) is 92.5 Å². The van der Waals surface area contributed by atoms with Crippen LogP contribution in [-0.2, 0) is 10.0 Å². The first-order valence-electron chi connectivity index (χ1n) is 6.95. The van der Waals surface area contributed by atoms with E-state index in [1.54, 1.807) is 24.8 Å². The van der Waals surface area contributed by atoms with Crippen molar-refractivity contribution < 1.29 is 13.2 Å². The van der Waals surface area contributed by atoms with E-state index in [2.05, 4.69) is 5.32 Å². The molecule has 2 rings (SSSR count). The zero-order valence-electron chi connectivity index (χ0n) is 12.8. The summed E-state index contributed by atoms with van der Waals surface area (Å²) in [6.07, 6.45) is 0.888. The number of hydrogen-bond acceptors (Lipinski definition) is 4. The summed E-state index contributed by atoms with van der Waals surface area (Å²) in [5, 5.41) is 8.47. The van der Waals surface area contributed by atoms with Crippen molar-refractivity contribution in [1.29, 1.82) is 0 Å². The molecule has 1 heterocycles. The minimum atomic E-state index is -3.83. The smallest absolute Gasteiger partial charge is 0.253 e. The van der Waals surface area contributed by atoms with Crippen molar-refractivity contribution in [2.45, 2.75) is 25.2 Å². The first kappa shape index (κ1) is 18.9. The molecule has 0 spiro atoms. The van der Waals surface area contributed by atoms with Crippen molar-refractivity contribution in [3.8, 4) is 0 Å². The molecule has 1 aliphatic rings. The highest BCUT2D eigenvalue weighted by Crippen LogP contribution is 2.21. The van der Waals surface area contributed by atoms with Crippen LogP contribution in [0.4, 0.5) is 0 Å². The normalized spacial score (nSPS) is 15.9. The van der Waals surface area contributed by atoms with Gasteiger partial charge in [-0.3, -0.25) is 4.79 Å². The van der Waals surface area contributed by atoms with Crippen molar-refractivity contribution in [3.05, 3.63) is 28.8 Å². The van der Waals surface area contributed by atoms with Gasteiger partial charge >= 0.3 is 0 Å². The molecule has 6 nitrogen and oxygen atoms in total. The van der Waals surface area contributed by atoms with Crippen molar-refractivity contribution in [2.24, 2.45) is 5.14 Å². The van der Waals surface area contributed by atoms with Crippen LogP contribution in [0.2, 0.25) is 0 Å². The van der Waals surface area contributed by atoms with Gasteiger partial charge in [0, 0.05) is 25.2 Å². The van der Waals surface area contributed by atoms with Crippen molar-refractivity contribution in [3.63, 3.8) is 0 Å². The lowest BCUT2D eigenvalue weighted by atomic mass is 10.1. The third-order valence-electron chi connectivity index (χ3n) is 3.80. The number of nitrogens with one attached hydrogen (secondary N) is 1. The van der Waals surface area contributed by atoms with Crippen LogP contribution in [-0.4, -0.2) is 45.4 Å². The highest BCUT2D eigenvalue weighted by molar-refractivity contribution is 7.89. The fourth-order valence-corrected chi connectivity index (χ4v) is 3.36. The Morgan fingerprint density at radius 1 is 1.23 bits per heavy atom. The van der Waals surface area contributed by atoms with E-state index in [0.29, 0.717) is 24.2 Å². The van der Waals surface area contributed by atoms with E-state index in [4.69, 9.17) is 5.14 Å². The lowest BCUT2D eigenvalue weighted by molar-refractivity contribution is 0.0766. The molecule has 22 heavy (non-hydrogen) atoms. The summed E-state index contributed by atoms with van der Waals surface area (Å²) in [6, 6.07) is 3.11. The Kier molecular flexibility index (Phi) is 6.37. The summed E-state index contributed by atoms with van der Waals surface area (Å²) in [5.41, 5.74) is 1.72. The maximum atomic E-state index is 12.6. The molecule has 0 unspecified atom stereocenters. The number of nitrogens with two attached hydrogens (primary N) is 1. The van der Waals surface area contributed by atoms with Gasteiger partial charge in [0.2, 0.25) is 10.0 Å². The third kappa shape index (κ3) is 4.19. The second-order valence-corrected chi connectivity index (χ2v) is 6.89. The number of hydrogen-bond donors (Lipinski definition) is 2. The minimum Gasteiger partial charge on any atom is -0.337 e. The van der Waals surface area contributed by atoms with Gasteiger partial charge in [0.05, 0.1) is 4.90 Å². The van der Waals surface area contributed by atoms with Crippen LogP contribution in [0.3, 0.4) is 0 Å². The predicted molar refractivity (Wildman–Crippen MR) is 87.9 cm³/mol. The Morgan fingerprint density at radius 3 is 2.55 bits per heavy atom. The number of benzene rings is 1. The molecular weight excluding hydrogens is 326 g/mol. The third-order valence-corrected chi connectivity index (χ3v) is 4.84. The standard InChI is InChI=1S/C14H21N3O3S.ClH/c1-10-8-12(9-13(11(10)2)21(15,19)20)14(18)17-6-3-4-16-5-7-17;/h8-9,16H,3-7H2,1-2H3,(H2,15,19,20);1H. The van der Waals surface area contributed by atoms with E-state index in [-0.39, 0.29) is 23.2 Å². The molecule has 1 aromatic rings. The van der Waals surface area contributed by atoms with Gasteiger partial charge in [0.1, 0.15) is 0 Å². The molecule has 0 aromatic heterocycles. The molecule has 1 aromatic carbocycles. The Morgan fingerprint density at radius 2 is 1.91 bits per heavy atom. The fourth-order valence-electron chi connectivity index (χ4n) is 2.48. The van der Waals surface area contributed by atoms with Crippen LogP contribution in [0.25, 0.3) is 0 Å². The van der Waals surface area contributed by atoms with E-state index in [1.807, 2.05) is 0 Å². The van der Waals surface area contributed by atoms with Crippen LogP contribution in [0.1, 0.15) is 27.9 Å². The summed E-state index contributed by atoms with van der Waals surface area (Å²) < 4.78 is 23.3. The number of amides is 1. The van der Waals surface area contributed by atoms with E-state index in [9.17, 15) is 13.2 Å². The lowest BCUT2D eigenvalue weighted by Crippen LogP contribution is -2.34. The second-order valence-electron chi connectivity index (χ2n) is 5.36. The molecule has 124 valence electrons. The molecule has 3 N–H and O–H groups in total. The summed E-state index contributed by atoms with van der Waals surface area (Å²) in [6.45, 7) is 6.40. The minimum absolute atomic E-state index is 0. The number of carbonyl (C=O) groups excluding carboxylic acids is 1.